The predicted molar refractivity (Wildman–Crippen MR) is 125 cm³/mol. The summed E-state index contributed by atoms with van der Waals surface area (Å²) in [7, 11) is 0. The third-order valence-corrected chi connectivity index (χ3v) is 5.19. The first-order valence-electron chi connectivity index (χ1n) is 10.3. The second kappa shape index (κ2) is 16.8. The number of rotatable bonds is 16. The second-order valence-corrected chi connectivity index (χ2v) is 8.42. The maximum absolute atomic E-state index is 12.6. The van der Waals surface area contributed by atoms with E-state index < -0.39 is 29.1 Å². The average Bonchev–Trinajstić information content (AvgIpc) is 2.69. The van der Waals surface area contributed by atoms with E-state index in [0.717, 1.165) is 12.8 Å². The molecule has 0 fully saturated rings. The SMILES string of the molecule is CC(C)[C@H](NC(=O)CCCCCNC(=O)CBr)C(=O)N[C@@H](CCCNC(N)=O)C(=O)S. The van der Waals surface area contributed by atoms with Gasteiger partial charge in [-0.15, -0.1) is 12.6 Å². The van der Waals surface area contributed by atoms with Crippen molar-refractivity contribution in [2.75, 3.05) is 18.4 Å². The van der Waals surface area contributed by atoms with Crippen molar-refractivity contribution >= 4 is 57.4 Å². The summed E-state index contributed by atoms with van der Waals surface area (Å²) in [4.78, 5) is 58.4. The molecule has 0 aromatic carbocycles. The number of nitrogens with one attached hydrogen (secondary N) is 4. The van der Waals surface area contributed by atoms with Crippen molar-refractivity contribution in [3.05, 3.63) is 0 Å². The minimum atomic E-state index is -0.835. The van der Waals surface area contributed by atoms with Crippen LogP contribution in [0.3, 0.4) is 0 Å². The molecule has 0 aliphatic rings. The summed E-state index contributed by atoms with van der Waals surface area (Å²) < 4.78 is 0. The number of carbonyl (C=O) groups excluding carboxylic acids is 5. The number of carbonyl (C=O) groups is 5. The lowest BCUT2D eigenvalue weighted by Crippen LogP contribution is -2.53. The van der Waals surface area contributed by atoms with Crippen molar-refractivity contribution in [2.45, 2.75) is 64.5 Å². The van der Waals surface area contributed by atoms with E-state index in [1.54, 1.807) is 13.8 Å². The van der Waals surface area contributed by atoms with Crippen LogP contribution in [0.1, 0.15) is 52.4 Å². The molecule has 12 heteroatoms. The largest absolute Gasteiger partial charge is 0.355 e. The first-order chi connectivity index (χ1) is 14.6. The van der Waals surface area contributed by atoms with Crippen LogP contribution in [0, 0.1) is 5.92 Å². The van der Waals surface area contributed by atoms with Gasteiger partial charge >= 0.3 is 6.03 Å². The second-order valence-electron chi connectivity index (χ2n) is 7.42. The number of hydrogen-bond donors (Lipinski definition) is 6. The third-order valence-electron chi connectivity index (χ3n) is 4.37. The monoisotopic (exact) mass is 523 g/mol. The quantitative estimate of drug-likeness (QED) is 0.0989. The van der Waals surface area contributed by atoms with Crippen LogP contribution >= 0.6 is 28.6 Å². The number of thiol groups is 1. The third kappa shape index (κ3) is 14.8. The van der Waals surface area contributed by atoms with Crippen LogP contribution in [0.15, 0.2) is 0 Å². The fourth-order valence-electron chi connectivity index (χ4n) is 2.68. The van der Waals surface area contributed by atoms with E-state index in [0.29, 0.717) is 19.4 Å². The van der Waals surface area contributed by atoms with Crippen LogP contribution in [0.2, 0.25) is 0 Å². The van der Waals surface area contributed by atoms with Gasteiger partial charge in [-0.1, -0.05) is 36.2 Å². The van der Waals surface area contributed by atoms with E-state index in [-0.39, 0.29) is 42.4 Å². The molecule has 31 heavy (non-hydrogen) atoms. The molecule has 0 unspecified atom stereocenters. The summed E-state index contributed by atoms with van der Waals surface area (Å²) in [6, 6.07) is -2.29. The van der Waals surface area contributed by atoms with Crippen LogP contribution < -0.4 is 27.0 Å². The lowest BCUT2D eigenvalue weighted by molar-refractivity contribution is -0.131. The minimum absolute atomic E-state index is 0.0781. The average molecular weight is 524 g/mol. The Bertz CT molecular complexity index is 620. The van der Waals surface area contributed by atoms with E-state index in [9.17, 15) is 24.0 Å². The maximum Gasteiger partial charge on any atom is 0.312 e. The van der Waals surface area contributed by atoms with Crippen molar-refractivity contribution < 1.29 is 24.0 Å². The van der Waals surface area contributed by atoms with Crippen molar-refractivity contribution in [1.82, 2.24) is 21.3 Å². The molecule has 0 aliphatic heterocycles. The van der Waals surface area contributed by atoms with Gasteiger partial charge in [-0.3, -0.25) is 19.2 Å². The van der Waals surface area contributed by atoms with Crippen molar-refractivity contribution in [1.29, 1.82) is 0 Å². The Morgan fingerprint density at radius 3 is 2.10 bits per heavy atom. The van der Waals surface area contributed by atoms with Crippen molar-refractivity contribution in [3.63, 3.8) is 0 Å². The van der Waals surface area contributed by atoms with Gasteiger partial charge in [0.15, 0.2) is 0 Å². The fourth-order valence-corrected chi connectivity index (χ4v) is 3.07. The highest BCUT2D eigenvalue weighted by molar-refractivity contribution is 9.09. The van der Waals surface area contributed by atoms with Crippen LogP contribution in [0.4, 0.5) is 4.79 Å². The minimum Gasteiger partial charge on any atom is -0.355 e. The number of unbranched alkanes of at least 4 members (excludes halogenated alkanes) is 2. The molecule has 0 rings (SSSR count). The van der Waals surface area contributed by atoms with Crippen LogP contribution in [-0.4, -0.2) is 59.4 Å². The number of urea groups is 1. The molecule has 2 atom stereocenters. The van der Waals surface area contributed by atoms with Gasteiger partial charge in [-0.25, -0.2) is 4.79 Å². The fraction of sp³-hybridized carbons (Fsp3) is 0.737. The highest BCUT2D eigenvalue weighted by Crippen LogP contribution is 2.08. The zero-order valence-corrected chi connectivity index (χ0v) is 20.5. The Labute approximate surface area is 197 Å². The first-order valence-corrected chi connectivity index (χ1v) is 11.8. The van der Waals surface area contributed by atoms with Crippen LogP contribution in [0.25, 0.3) is 0 Å². The van der Waals surface area contributed by atoms with Gasteiger partial charge in [-0.05, 0) is 31.6 Å². The predicted octanol–water partition coefficient (Wildman–Crippen LogP) is 0.588. The molecular weight excluding hydrogens is 490 g/mol. The summed E-state index contributed by atoms with van der Waals surface area (Å²) in [6.45, 7) is 4.42. The Morgan fingerprint density at radius 2 is 1.55 bits per heavy atom. The molecule has 0 aliphatic carbocycles. The van der Waals surface area contributed by atoms with E-state index >= 15 is 0 Å². The van der Waals surface area contributed by atoms with Gasteiger partial charge in [0.2, 0.25) is 22.8 Å². The standard InChI is InChI=1S/C19H34BrN5O5S/c1-12(2)16(25-14(26)8-4-3-5-9-22-15(27)11-20)17(28)24-13(18(29)31)7-6-10-23-19(21)30/h12-13,16H,3-11H2,1-2H3,(H,22,27)(H,24,28)(H,25,26)(H,29,31)(H3,21,23,30)/t13-,16-/m0/s1. The number of nitrogens with two attached hydrogens (primary N) is 1. The number of amides is 5. The normalized spacial score (nSPS) is 12.5. The molecule has 0 bridgehead atoms. The molecule has 0 radical (unpaired) electrons. The summed E-state index contributed by atoms with van der Waals surface area (Å²) in [5.74, 6) is -0.977. The van der Waals surface area contributed by atoms with Gasteiger partial charge in [-0.2, -0.15) is 0 Å². The van der Waals surface area contributed by atoms with E-state index in [4.69, 9.17) is 5.73 Å². The van der Waals surface area contributed by atoms with E-state index in [1.807, 2.05) is 0 Å². The van der Waals surface area contributed by atoms with Gasteiger partial charge in [0, 0.05) is 19.5 Å². The number of hydrogen-bond acceptors (Lipinski definition) is 5. The molecule has 0 heterocycles. The number of alkyl halides is 1. The molecule has 0 spiro atoms. The summed E-state index contributed by atoms with van der Waals surface area (Å²) in [6.07, 6.45) is 3.12. The summed E-state index contributed by atoms with van der Waals surface area (Å²) in [5.41, 5.74) is 4.99. The Kier molecular flexibility index (Phi) is 15.8. The zero-order valence-electron chi connectivity index (χ0n) is 18.0. The molecule has 0 saturated carbocycles. The zero-order chi connectivity index (χ0) is 23.8. The van der Waals surface area contributed by atoms with E-state index in [2.05, 4.69) is 49.8 Å². The lowest BCUT2D eigenvalue weighted by Gasteiger charge is -2.24. The highest BCUT2D eigenvalue weighted by atomic mass is 79.9. The van der Waals surface area contributed by atoms with Crippen LogP contribution in [-0.2, 0) is 19.2 Å². The maximum atomic E-state index is 12.6. The topological polar surface area (TPSA) is 159 Å². The van der Waals surface area contributed by atoms with Gasteiger partial charge in [0.1, 0.15) is 6.04 Å². The molecule has 0 saturated heterocycles. The molecule has 0 aromatic rings. The van der Waals surface area contributed by atoms with Crippen molar-refractivity contribution in [2.24, 2.45) is 11.7 Å². The molecule has 6 N–H and O–H groups in total. The number of primary amides is 1. The highest BCUT2D eigenvalue weighted by Gasteiger charge is 2.27. The Hall–Kier alpha value is -1.82. The molecule has 0 aromatic heterocycles. The van der Waals surface area contributed by atoms with E-state index in [1.165, 1.54) is 0 Å². The smallest absolute Gasteiger partial charge is 0.312 e. The Balaban J connectivity index is 4.47. The lowest BCUT2D eigenvalue weighted by atomic mass is 10.0. The summed E-state index contributed by atoms with van der Waals surface area (Å²) in [5, 5.41) is 10.2. The summed E-state index contributed by atoms with van der Waals surface area (Å²) >= 11 is 6.88. The van der Waals surface area contributed by atoms with Gasteiger partial charge in [0.25, 0.3) is 0 Å². The number of halogens is 1. The van der Waals surface area contributed by atoms with Crippen molar-refractivity contribution in [3.8, 4) is 0 Å². The van der Waals surface area contributed by atoms with Gasteiger partial charge in [0.05, 0.1) is 11.4 Å². The first kappa shape index (κ1) is 29.2. The van der Waals surface area contributed by atoms with Gasteiger partial charge < -0.3 is 27.0 Å². The molecule has 10 nitrogen and oxygen atoms in total. The molecule has 5 amide bonds. The molecular formula is C19H34BrN5O5S. The molecule has 178 valence electrons. The Morgan fingerprint density at radius 1 is 0.903 bits per heavy atom. The van der Waals surface area contributed by atoms with Crippen LogP contribution in [0.5, 0.6) is 0 Å².